The van der Waals surface area contributed by atoms with Crippen molar-refractivity contribution in [3.05, 3.63) is 89.0 Å². The average molecular weight is 444 g/mol. The van der Waals surface area contributed by atoms with Gasteiger partial charge in [-0.05, 0) is 79.6 Å². The summed E-state index contributed by atoms with van der Waals surface area (Å²) in [6.07, 6.45) is 1.54. The molecule has 3 aromatic carbocycles. The molecule has 0 heterocycles. The van der Waals surface area contributed by atoms with Gasteiger partial charge in [-0.2, -0.15) is 10.4 Å². The Kier molecular flexibility index (Phi) is 8.43. The number of hydrogen-bond acceptors (Lipinski definition) is 6. The molecule has 0 aromatic heterocycles. The summed E-state index contributed by atoms with van der Waals surface area (Å²) in [5, 5.41) is 13.1. The number of nitrogens with one attached hydrogen (secondary N) is 1. The maximum absolute atomic E-state index is 12.3. The fraction of sp³-hybridized carbons (Fsp3) is 0.192. The minimum atomic E-state index is -0.320. The monoisotopic (exact) mass is 443 g/mol. The number of carbonyl (C=O) groups is 1. The van der Waals surface area contributed by atoms with Gasteiger partial charge in [0.25, 0.3) is 5.91 Å². The summed E-state index contributed by atoms with van der Waals surface area (Å²) in [7, 11) is 0. The van der Waals surface area contributed by atoms with Crippen LogP contribution in [0.25, 0.3) is 0 Å². The fourth-order valence-electron chi connectivity index (χ4n) is 2.98. The first-order valence-electron chi connectivity index (χ1n) is 10.6. The Hall–Kier alpha value is -4.31. The first-order chi connectivity index (χ1) is 16.1. The molecule has 0 saturated carbocycles. The molecule has 0 fully saturated rings. The molecule has 0 unspecified atom stereocenters. The van der Waals surface area contributed by atoms with Crippen molar-refractivity contribution in [3.8, 4) is 23.3 Å². The second-order valence-corrected chi connectivity index (χ2v) is 6.90. The number of nitrogens with zero attached hydrogens (tertiary/aromatic N) is 2. The third kappa shape index (κ3) is 6.84. The predicted molar refractivity (Wildman–Crippen MR) is 126 cm³/mol. The normalized spacial score (nSPS) is 10.5. The Balaban J connectivity index is 1.63. The molecule has 0 aliphatic heterocycles. The van der Waals surface area contributed by atoms with Crippen LogP contribution < -0.4 is 19.6 Å². The van der Waals surface area contributed by atoms with Gasteiger partial charge in [0.2, 0.25) is 0 Å². The summed E-state index contributed by atoms with van der Waals surface area (Å²) in [5.41, 5.74) is 5.21. The van der Waals surface area contributed by atoms with E-state index < -0.39 is 0 Å². The molecule has 3 rings (SSSR count). The number of rotatable bonds is 10. The molecule has 33 heavy (non-hydrogen) atoms. The molecule has 1 N–H and O–H groups in total. The largest absolute Gasteiger partial charge is 0.494 e. The standard InChI is InChI=1S/C26H25N3O4/c1-3-31-23-11-9-22(10-12-23)26(30)29-28-17-20-8-13-24(25(15-20)32-4-2)33-18-21-7-5-6-19(14-21)16-27/h5-15,17H,3-4,18H2,1-2H3,(H,29,30)/b28-17-. The highest BCUT2D eigenvalue weighted by Crippen LogP contribution is 2.29. The first kappa shape index (κ1) is 23.4. The maximum atomic E-state index is 12.3. The Labute approximate surface area is 193 Å². The second-order valence-electron chi connectivity index (χ2n) is 6.90. The number of hydrazone groups is 1. The van der Waals surface area contributed by atoms with Gasteiger partial charge in [-0.3, -0.25) is 4.79 Å². The first-order valence-corrected chi connectivity index (χ1v) is 10.6. The molecule has 7 heteroatoms. The van der Waals surface area contributed by atoms with Crippen LogP contribution in [-0.4, -0.2) is 25.3 Å². The van der Waals surface area contributed by atoms with Crippen LogP contribution in [0.15, 0.2) is 71.8 Å². The predicted octanol–water partition coefficient (Wildman–Crippen LogP) is 4.70. The Morgan fingerprint density at radius 1 is 0.970 bits per heavy atom. The van der Waals surface area contributed by atoms with Gasteiger partial charge >= 0.3 is 0 Å². The van der Waals surface area contributed by atoms with Crippen LogP contribution in [0.5, 0.6) is 17.2 Å². The number of amides is 1. The Morgan fingerprint density at radius 3 is 2.48 bits per heavy atom. The summed E-state index contributed by atoms with van der Waals surface area (Å²) in [6, 6.07) is 21.6. The van der Waals surface area contributed by atoms with Crippen molar-refractivity contribution in [3.63, 3.8) is 0 Å². The molecule has 168 valence electrons. The summed E-state index contributed by atoms with van der Waals surface area (Å²) in [6.45, 7) is 5.13. The highest BCUT2D eigenvalue weighted by atomic mass is 16.5. The van der Waals surface area contributed by atoms with E-state index in [1.807, 2.05) is 32.0 Å². The molecule has 0 atom stereocenters. The van der Waals surface area contributed by atoms with Crippen LogP contribution in [0, 0.1) is 11.3 Å². The van der Waals surface area contributed by atoms with E-state index >= 15 is 0 Å². The van der Waals surface area contributed by atoms with Gasteiger partial charge in [0.15, 0.2) is 11.5 Å². The van der Waals surface area contributed by atoms with Gasteiger partial charge in [0.05, 0.1) is 31.1 Å². The lowest BCUT2D eigenvalue weighted by atomic mass is 10.1. The van der Waals surface area contributed by atoms with Gasteiger partial charge in [-0.1, -0.05) is 12.1 Å². The van der Waals surface area contributed by atoms with Gasteiger partial charge in [-0.25, -0.2) is 5.43 Å². The number of nitriles is 1. The highest BCUT2D eigenvalue weighted by molar-refractivity contribution is 5.95. The molecule has 0 saturated heterocycles. The molecule has 0 bridgehead atoms. The van der Waals surface area contributed by atoms with Crippen molar-refractivity contribution in [1.29, 1.82) is 5.26 Å². The average Bonchev–Trinajstić information content (AvgIpc) is 2.84. The SMILES string of the molecule is CCOc1ccc(C(=O)N/N=C\c2ccc(OCc3cccc(C#N)c3)c(OCC)c2)cc1. The van der Waals surface area contributed by atoms with Crippen molar-refractivity contribution in [2.24, 2.45) is 5.10 Å². The zero-order valence-corrected chi connectivity index (χ0v) is 18.6. The summed E-state index contributed by atoms with van der Waals surface area (Å²) < 4.78 is 17.0. The molecule has 0 aliphatic rings. The molecule has 1 amide bonds. The minimum Gasteiger partial charge on any atom is -0.494 e. The highest BCUT2D eigenvalue weighted by Gasteiger charge is 2.08. The molecular formula is C26H25N3O4. The van der Waals surface area contributed by atoms with Crippen molar-refractivity contribution >= 4 is 12.1 Å². The van der Waals surface area contributed by atoms with Crippen molar-refractivity contribution in [2.45, 2.75) is 20.5 Å². The lowest BCUT2D eigenvalue weighted by molar-refractivity contribution is 0.0955. The number of ether oxygens (including phenoxy) is 3. The van der Waals surface area contributed by atoms with Crippen molar-refractivity contribution < 1.29 is 19.0 Å². The summed E-state index contributed by atoms with van der Waals surface area (Å²) in [5.74, 6) is 1.53. The van der Waals surface area contributed by atoms with Gasteiger partial charge in [0, 0.05) is 5.56 Å². The molecule has 0 aliphatic carbocycles. The maximum Gasteiger partial charge on any atom is 0.271 e. The number of hydrogen-bond donors (Lipinski definition) is 1. The van der Waals surface area contributed by atoms with E-state index in [-0.39, 0.29) is 5.91 Å². The lowest BCUT2D eigenvalue weighted by Gasteiger charge is -2.12. The third-order valence-corrected chi connectivity index (χ3v) is 4.53. The minimum absolute atomic E-state index is 0.307. The summed E-state index contributed by atoms with van der Waals surface area (Å²) in [4.78, 5) is 12.3. The zero-order chi connectivity index (χ0) is 23.5. The molecule has 0 radical (unpaired) electrons. The van der Waals surface area contributed by atoms with Crippen LogP contribution >= 0.6 is 0 Å². The van der Waals surface area contributed by atoms with Crippen LogP contribution in [0.1, 0.15) is 40.9 Å². The Morgan fingerprint density at radius 2 is 1.76 bits per heavy atom. The molecular weight excluding hydrogens is 418 g/mol. The van der Waals surface area contributed by atoms with Crippen LogP contribution in [0.3, 0.4) is 0 Å². The van der Waals surface area contributed by atoms with E-state index in [1.165, 1.54) is 6.21 Å². The van der Waals surface area contributed by atoms with Crippen LogP contribution in [0.4, 0.5) is 0 Å². The van der Waals surface area contributed by atoms with E-state index in [2.05, 4.69) is 16.6 Å². The van der Waals surface area contributed by atoms with E-state index in [1.54, 1.807) is 48.5 Å². The quantitative estimate of drug-likeness (QED) is 0.362. The zero-order valence-electron chi connectivity index (χ0n) is 18.6. The van der Waals surface area contributed by atoms with E-state index in [0.717, 1.165) is 11.1 Å². The molecule has 0 spiro atoms. The molecule has 7 nitrogen and oxygen atoms in total. The summed E-state index contributed by atoms with van der Waals surface area (Å²) >= 11 is 0. The van der Waals surface area contributed by atoms with Crippen molar-refractivity contribution in [2.75, 3.05) is 13.2 Å². The van der Waals surface area contributed by atoms with Crippen LogP contribution in [-0.2, 0) is 6.61 Å². The Bertz CT molecular complexity index is 1150. The van der Waals surface area contributed by atoms with E-state index in [4.69, 9.17) is 19.5 Å². The topological polar surface area (TPSA) is 92.9 Å². The van der Waals surface area contributed by atoms with Gasteiger partial charge < -0.3 is 14.2 Å². The van der Waals surface area contributed by atoms with Crippen LogP contribution in [0.2, 0.25) is 0 Å². The molecule has 3 aromatic rings. The number of benzene rings is 3. The van der Waals surface area contributed by atoms with Gasteiger partial charge in [-0.15, -0.1) is 0 Å². The fourth-order valence-corrected chi connectivity index (χ4v) is 2.98. The third-order valence-electron chi connectivity index (χ3n) is 4.53. The van der Waals surface area contributed by atoms with E-state index in [0.29, 0.717) is 48.2 Å². The second kappa shape index (κ2) is 11.9. The van der Waals surface area contributed by atoms with E-state index in [9.17, 15) is 4.79 Å². The lowest BCUT2D eigenvalue weighted by Crippen LogP contribution is -2.17. The van der Waals surface area contributed by atoms with Gasteiger partial charge in [0.1, 0.15) is 12.4 Å². The number of carbonyl (C=O) groups excluding carboxylic acids is 1. The smallest absolute Gasteiger partial charge is 0.271 e. The van der Waals surface area contributed by atoms with Crippen molar-refractivity contribution in [1.82, 2.24) is 5.43 Å².